The molecule has 130 valence electrons. The van der Waals surface area contributed by atoms with Crippen molar-refractivity contribution >= 4 is 44.9 Å². The molecule has 0 saturated carbocycles. The van der Waals surface area contributed by atoms with Crippen LogP contribution in [0.1, 0.15) is 10.4 Å². The summed E-state index contributed by atoms with van der Waals surface area (Å²) in [7, 11) is -2.91. The van der Waals surface area contributed by atoms with Crippen LogP contribution in [0.3, 0.4) is 0 Å². The smallest absolute Gasteiger partial charge is 0.339 e. The van der Waals surface area contributed by atoms with Gasteiger partial charge in [0.1, 0.15) is 6.54 Å². The van der Waals surface area contributed by atoms with Crippen LogP contribution in [0.2, 0.25) is 5.02 Å². The van der Waals surface area contributed by atoms with E-state index in [1.54, 1.807) is 24.3 Å². The molecule has 1 aliphatic heterocycles. The monoisotopic (exact) mass is 380 g/mol. The van der Waals surface area contributed by atoms with Gasteiger partial charge < -0.3 is 10.1 Å². The highest BCUT2D eigenvalue weighted by Crippen LogP contribution is 2.34. The first-order valence-electron chi connectivity index (χ1n) is 7.14. The lowest BCUT2D eigenvalue weighted by Crippen LogP contribution is -2.42. The number of carbonyl (C=O) groups is 2. The molecule has 0 aromatic heterocycles. The lowest BCUT2D eigenvalue weighted by Gasteiger charge is -2.30. The number of ether oxygens (including phenoxy) is 1. The molecule has 1 N–H and O–H groups in total. The summed E-state index contributed by atoms with van der Waals surface area (Å²) < 4.78 is 31.6. The van der Waals surface area contributed by atoms with E-state index in [4.69, 9.17) is 11.6 Å². The molecule has 0 atom stereocenters. The normalized spacial score (nSPS) is 13.8. The molecule has 2 aromatic rings. The highest BCUT2D eigenvalue weighted by molar-refractivity contribution is 7.92. The summed E-state index contributed by atoms with van der Waals surface area (Å²) in [6.07, 6.45) is 0. The van der Waals surface area contributed by atoms with Gasteiger partial charge in [0.25, 0.3) is 10.0 Å². The third kappa shape index (κ3) is 3.06. The molecule has 3 rings (SSSR count). The van der Waals surface area contributed by atoms with E-state index in [0.717, 1.165) is 10.4 Å². The van der Waals surface area contributed by atoms with Gasteiger partial charge in [-0.1, -0.05) is 23.7 Å². The lowest BCUT2D eigenvalue weighted by atomic mass is 10.2. The van der Waals surface area contributed by atoms with E-state index in [1.165, 1.54) is 19.2 Å². The van der Waals surface area contributed by atoms with Gasteiger partial charge in [-0.3, -0.25) is 9.10 Å². The summed E-state index contributed by atoms with van der Waals surface area (Å²) >= 11 is 5.94. The average Bonchev–Trinajstić information content (AvgIpc) is 2.60. The van der Waals surface area contributed by atoms with Gasteiger partial charge >= 0.3 is 5.97 Å². The van der Waals surface area contributed by atoms with Crippen LogP contribution in [-0.2, 0) is 19.6 Å². The molecule has 2 aromatic carbocycles. The first-order valence-corrected chi connectivity index (χ1v) is 8.96. The highest BCUT2D eigenvalue weighted by atomic mass is 35.5. The molecule has 0 radical (unpaired) electrons. The second-order valence-electron chi connectivity index (χ2n) is 5.21. The first-order chi connectivity index (χ1) is 11.8. The summed E-state index contributed by atoms with van der Waals surface area (Å²) in [5, 5.41) is 2.69. The van der Waals surface area contributed by atoms with Crippen molar-refractivity contribution in [1.82, 2.24) is 0 Å². The molecule has 0 bridgehead atoms. The fourth-order valence-electron chi connectivity index (χ4n) is 2.48. The van der Waals surface area contributed by atoms with Gasteiger partial charge in [0, 0.05) is 0 Å². The minimum Gasteiger partial charge on any atom is -0.465 e. The maximum atomic E-state index is 13.0. The number of nitrogens with one attached hydrogen (secondary N) is 1. The largest absolute Gasteiger partial charge is 0.465 e. The van der Waals surface area contributed by atoms with Gasteiger partial charge in [-0.2, -0.15) is 0 Å². The number of anilines is 2. The van der Waals surface area contributed by atoms with Crippen LogP contribution in [0.25, 0.3) is 0 Å². The Labute approximate surface area is 149 Å². The highest BCUT2D eigenvalue weighted by Gasteiger charge is 2.33. The van der Waals surface area contributed by atoms with Crippen molar-refractivity contribution in [3.8, 4) is 0 Å². The SMILES string of the molecule is COC(=O)c1cc(S(=O)(=O)N2CC(=O)Nc3ccccc32)ccc1Cl. The van der Waals surface area contributed by atoms with E-state index < -0.39 is 21.9 Å². The van der Waals surface area contributed by atoms with Crippen LogP contribution in [0.5, 0.6) is 0 Å². The number of rotatable bonds is 3. The zero-order valence-corrected chi connectivity index (χ0v) is 14.6. The van der Waals surface area contributed by atoms with E-state index in [2.05, 4.69) is 10.1 Å². The molecule has 25 heavy (non-hydrogen) atoms. The summed E-state index contributed by atoms with van der Waals surface area (Å²) in [5.74, 6) is -1.21. The predicted octanol–water partition coefficient (Wildman–Crippen LogP) is 2.27. The Balaban J connectivity index is 2.12. The van der Waals surface area contributed by atoms with Crippen LogP contribution in [0.15, 0.2) is 47.4 Å². The van der Waals surface area contributed by atoms with Gasteiger partial charge in [-0.25, -0.2) is 13.2 Å². The molecule has 1 aliphatic rings. The number of carbonyl (C=O) groups excluding carboxylic acids is 2. The van der Waals surface area contributed by atoms with Crippen molar-refractivity contribution in [3.05, 3.63) is 53.1 Å². The van der Waals surface area contributed by atoms with E-state index in [0.29, 0.717) is 11.4 Å². The van der Waals surface area contributed by atoms with Crippen molar-refractivity contribution in [3.63, 3.8) is 0 Å². The summed E-state index contributed by atoms with van der Waals surface area (Å²) in [5.41, 5.74) is 0.668. The van der Waals surface area contributed by atoms with Gasteiger partial charge in [0.05, 0.1) is 34.0 Å². The Morgan fingerprint density at radius 3 is 2.68 bits per heavy atom. The third-order valence-electron chi connectivity index (χ3n) is 3.67. The van der Waals surface area contributed by atoms with E-state index in [1.807, 2.05) is 0 Å². The summed E-state index contributed by atoms with van der Waals surface area (Å²) in [6, 6.07) is 10.3. The maximum Gasteiger partial charge on any atom is 0.339 e. The Morgan fingerprint density at radius 1 is 1.24 bits per heavy atom. The maximum absolute atomic E-state index is 13.0. The van der Waals surface area contributed by atoms with Crippen molar-refractivity contribution < 1.29 is 22.7 Å². The van der Waals surface area contributed by atoms with Gasteiger partial charge in [-0.15, -0.1) is 0 Å². The Bertz CT molecular complexity index is 974. The molecular weight excluding hydrogens is 368 g/mol. The number of benzene rings is 2. The number of methoxy groups -OCH3 is 1. The number of para-hydroxylation sites is 2. The second kappa shape index (κ2) is 6.38. The summed E-state index contributed by atoms with van der Waals surface area (Å²) in [6.45, 7) is -0.366. The van der Waals surface area contributed by atoms with Crippen molar-refractivity contribution in [2.75, 3.05) is 23.3 Å². The molecule has 1 heterocycles. The Hall–Kier alpha value is -2.58. The van der Waals surface area contributed by atoms with Crippen LogP contribution in [0.4, 0.5) is 11.4 Å². The third-order valence-corrected chi connectivity index (χ3v) is 5.75. The molecule has 0 aliphatic carbocycles. The van der Waals surface area contributed by atoms with Crippen molar-refractivity contribution in [2.24, 2.45) is 0 Å². The molecule has 9 heteroatoms. The van der Waals surface area contributed by atoms with Gasteiger partial charge in [0.15, 0.2) is 0 Å². The molecule has 0 unspecified atom stereocenters. The molecule has 1 amide bonds. The molecule has 0 fully saturated rings. The minimum absolute atomic E-state index is 0.0695. The number of amides is 1. The quantitative estimate of drug-likeness (QED) is 0.824. The minimum atomic E-state index is -4.08. The second-order valence-corrected chi connectivity index (χ2v) is 7.48. The number of halogens is 1. The number of hydrogen-bond donors (Lipinski definition) is 1. The Morgan fingerprint density at radius 2 is 1.96 bits per heavy atom. The van der Waals surface area contributed by atoms with Crippen LogP contribution < -0.4 is 9.62 Å². The fraction of sp³-hybridized carbons (Fsp3) is 0.125. The summed E-state index contributed by atoms with van der Waals surface area (Å²) in [4.78, 5) is 23.5. The number of hydrogen-bond acceptors (Lipinski definition) is 5. The predicted molar refractivity (Wildman–Crippen MR) is 92.4 cm³/mol. The molecule has 0 spiro atoms. The molecule has 7 nitrogen and oxygen atoms in total. The standard InChI is InChI=1S/C16H13ClN2O5S/c1-24-16(21)11-8-10(6-7-12(11)17)25(22,23)19-9-15(20)18-13-4-2-3-5-14(13)19/h2-8H,9H2,1H3,(H,18,20). The lowest BCUT2D eigenvalue weighted by molar-refractivity contribution is -0.115. The number of fused-ring (bicyclic) bond motifs is 1. The molecular formula is C16H13ClN2O5S. The fourth-order valence-corrected chi connectivity index (χ4v) is 4.14. The van der Waals surface area contributed by atoms with Crippen LogP contribution in [-0.4, -0.2) is 33.9 Å². The first kappa shape index (κ1) is 17.2. The van der Waals surface area contributed by atoms with E-state index in [-0.39, 0.29) is 22.0 Å². The zero-order valence-electron chi connectivity index (χ0n) is 13.0. The average molecular weight is 381 g/mol. The topological polar surface area (TPSA) is 92.8 Å². The van der Waals surface area contributed by atoms with Crippen LogP contribution >= 0.6 is 11.6 Å². The van der Waals surface area contributed by atoms with Crippen LogP contribution in [0, 0.1) is 0 Å². The number of sulfonamides is 1. The van der Waals surface area contributed by atoms with Gasteiger partial charge in [0.2, 0.25) is 5.91 Å². The van der Waals surface area contributed by atoms with E-state index in [9.17, 15) is 18.0 Å². The van der Waals surface area contributed by atoms with Crippen molar-refractivity contribution in [1.29, 1.82) is 0 Å². The Kier molecular flexibility index (Phi) is 4.40. The molecule has 0 saturated heterocycles. The zero-order chi connectivity index (χ0) is 18.2. The van der Waals surface area contributed by atoms with Gasteiger partial charge in [-0.05, 0) is 30.3 Å². The number of nitrogens with zero attached hydrogens (tertiary/aromatic N) is 1. The van der Waals surface area contributed by atoms with Crippen molar-refractivity contribution in [2.45, 2.75) is 4.90 Å². The van der Waals surface area contributed by atoms with E-state index >= 15 is 0 Å². The number of esters is 1.